The number of benzene rings is 1. The summed E-state index contributed by atoms with van der Waals surface area (Å²) >= 11 is 1.41. The molecular weight excluding hydrogens is 326 g/mol. The van der Waals surface area contributed by atoms with E-state index in [-0.39, 0.29) is 11.4 Å². The Hall–Kier alpha value is -2.28. The lowest BCUT2D eigenvalue weighted by molar-refractivity contribution is 0.410. The number of unbranched alkanes of at least 4 members (excludes halogenated alkanes) is 1. The van der Waals surface area contributed by atoms with Gasteiger partial charge in [0, 0.05) is 14.1 Å². The molecule has 0 saturated heterocycles. The van der Waals surface area contributed by atoms with Crippen molar-refractivity contribution in [3.63, 3.8) is 0 Å². The van der Waals surface area contributed by atoms with Gasteiger partial charge in [0.05, 0.1) is 5.69 Å². The van der Waals surface area contributed by atoms with Gasteiger partial charge in [-0.15, -0.1) is 11.8 Å². The lowest BCUT2D eigenvalue weighted by atomic mass is 10.3. The average molecular weight is 347 g/mol. The molecule has 0 aliphatic rings. The molecule has 1 aromatic heterocycles. The van der Waals surface area contributed by atoms with E-state index in [1.807, 2.05) is 30.3 Å². The first-order chi connectivity index (χ1) is 11.5. The summed E-state index contributed by atoms with van der Waals surface area (Å²) in [4.78, 5) is 29.0. The molecule has 0 amide bonds. The number of nitrogens with zero attached hydrogens (tertiary/aromatic N) is 3. The Balaban J connectivity index is 2.62. The number of aromatic nitrogens is 2. The number of aliphatic imine (C=N–C) groups is 1. The first kappa shape index (κ1) is 18.1. The van der Waals surface area contributed by atoms with E-state index in [9.17, 15) is 14.7 Å². The normalized spacial score (nSPS) is 11.7. The molecule has 2 rings (SSSR count). The Morgan fingerprint density at radius 2 is 1.83 bits per heavy atom. The van der Waals surface area contributed by atoms with Crippen molar-refractivity contribution in [3.8, 4) is 5.88 Å². The molecule has 128 valence electrons. The van der Waals surface area contributed by atoms with Crippen LogP contribution < -0.4 is 11.2 Å². The van der Waals surface area contributed by atoms with E-state index in [1.165, 1.54) is 25.9 Å². The molecule has 0 atom stereocenters. The van der Waals surface area contributed by atoms with Crippen LogP contribution in [0.3, 0.4) is 0 Å². The van der Waals surface area contributed by atoms with Crippen LogP contribution in [-0.4, -0.2) is 25.0 Å². The molecule has 6 nitrogen and oxygen atoms in total. The van der Waals surface area contributed by atoms with Gasteiger partial charge < -0.3 is 5.11 Å². The lowest BCUT2D eigenvalue weighted by Crippen LogP contribution is -2.39. The fraction of sp³-hybridized carbons (Fsp3) is 0.353. The number of hydrogen-bond donors (Lipinski definition) is 1. The zero-order valence-electron chi connectivity index (χ0n) is 14.0. The topological polar surface area (TPSA) is 76.6 Å². The number of hydrogen-bond acceptors (Lipinski definition) is 5. The summed E-state index contributed by atoms with van der Waals surface area (Å²) in [5, 5.41) is 10.8. The maximum atomic E-state index is 12.5. The number of thioether (sulfide) groups is 1. The number of para-hydroxylation sites is 1. The van der Waals surface area contributed by atoms with E-state index in [4.69, 9.17) is 0 Å². The Kier molecular flexibility index (Phi) is 6.03. The largest absolute Gasteiger partial charge is 0.494 e. The van der Waals surface area contributed by atoms with Crippen molar-refractivity contribution in [3.05, 3.63) is 56.7 Å². The molecule has 7 heteroatoms. The van der Waals surface area contributed by atoms with Gasteiger partial charge in [-0.05, 0) is 24.3 Å². The molecule has 0 aliphatic carbocycles. The zero-order valence-corrected chi connectivity index (χ0v) is 14.8. The monoisotopic (exact) mass is 347 g/mol. The fourth-order valence-electron chi connectivity index (χ4n) is 2.11. The molecule has 1 N–H and O–H groups in total. The summed E-state index contributed by atoms with van der Waals surface area (Å²) in [5.41, 5.74) is -0.371. The maximum Gasteiger partial charge on any atom is 0.333 e. The van der Waals surface area contributed by atoms with Gasteiger partial charge in [-0.2, -0.15) is 0 Å². The van der Waals surface area contributed by atoms with Gasteiger partial charge in [0.2, 0.25) is 5.88 Å². The molecule has 0 aliphatic heterocycles. The fourth-order valence-corrected chi connectivity index (χ4v) is 3.23. The molecule has 1 aromatic carbocycles. The van der Waals surface area contributed by atoms with Crippen LogP contribution in [0.5, 0.6) is 5.88 Å². The summed E-state index contributed by atoms with van der Waals surface area (Å²) in [5.74, 6) is 0.412. The van der Waals surface area contributed by atoms with Crippen LogP contribution in [0.4, 0.5) is 5.69 Å². The quantitative estimate of drug-likeness (QED) is 0.512. The Morgan fingerprint density at radius 3 is 2.46 bits per heavy atom. The third-order valence-electron chi connectivity index (χ3n) is 3.57. The van der Waals surface area contributed by atoms with Gasteiger partial charge in [-0.3, -0.25) is 13.9 Å². The second kappa shape index (κ2) is 8.01. The van der Waals surface area contributed by atoms with Crippen LogP contribution in [0, 0.1) is 0 Å². The second-order valence-electron chi connectivity index (χ2n) is 5.36. The SMILES string of the molecule is CCCCSC(=Nc1ccccc1)c1c(O)n(C)c(=O)n(C)c1=O. The van der Waals surface area contributed by atoms with Crippen molar-refractivity contribution >= 4 is 22.5 Å². The van der Waals surface area contributed by atoms with E-state index in [2.05, 4.69) is 11.9 Å². The molecule has 0 fully saturated rings. The lowest BCUT2D eigenvalue weighted by Gasteiger charge is -2.12. The molecule has 0 spiro atoms. The van der Waals surface area contributed by atoms with Crippen LogP contribution in [0.15, 0.2) is 44.9 Å². The standard InChI is InChI=1S/C17H21N3O3S/c1-4-5-11-24-14(18-12-9-7-6-8-10-12)13-15(21)19(2)17(23)20(3)16(13)22/h6-10,21H,4-5,11H2,1-3H3. The molecule has 2 aromatic rings. The third kappa shape index (κ3) is 3.79. The van der Waals surface area contributed by atoms with Crippen LogP contribution >= 0.6 is 11.8 Å². The van der Waals surface area contributed by atoms with Gasteiger partial charge >= 0.3 is 5.69 Å². The first-order valence-electron chi connectivity index (χ1n) is 7.73. The van der Waals surface area contributed by atoms with Gasteiger partial charge in [0.25, 0.3) is 5.56 Å². The highest BCUT2D eigenvalue weighted by Crippen LogP contribution is 2.23. The molecule has 0 bridgehead atoms. The van der Waals surface area contributed by atoms with Gasteiger partial charge in [-0.1, -0.05) is 31.5 Å². The molecule has 24 heavy (non-hydrogen) atoms. The van der Waals surface area contributed by atoms with Crippen molar-refractivity contribution in [2.45, 2.75) is 19.8 Å². The van der Waals surface area contributed by atoms with Crippen LogP contribution in [-0.2, 0) is 14.1 Å². The number of aromatic hydroxyl groups is 1. The highest BCUT2D eigenvalue weighted by atomic mass is 32.2. The van der Waals surface area contributed by atoms with E-state index in [0.717, 1.165) is 27.7 Å². The first-order valence-corrected chi connectivity index (χ1v) is 8.71. The van der Waals surface area contributed by atoms with Gasteiger partial charge in [0.15, 0.2) is 0 Å². The van der Waals surface area contributed by atoms with Gasteiger partial charge in [0.1, 0.15) is 10.6 Å². The molecule has 0 unspecified atom stereocenters. The molecule has 0 saturated carbocycles. The molecule has 1 heterocycles. The van der Waals surface area contributed by atoms with E-state index >= 15 is 0 Å². The van der Waals surface area contributed by atoms with Crippen molar-refractivity contribution in [2.75, 3.05) is 5.75 Å². The highest BCUT2D eigenvalue weighted by molar-refractivity contribution is 8.14. The van der Waals surface area contributed by atoms with E-state index in [0.29, 0.717) is 10.7 Å². The van der Waals surface area contributed by atoms with Crippen molar-refractivity contribution in [1.82, 2.24) is 9.13 Å². The Bertz CT molecular complexity index is 854. The predicted molar refractivity (Wildman–Crippen MR) is 98.6 cm³/mol. The summed E-state index contributed by atoms with van der Waals surface area (Å²) < 4.78 is 2.04. The average Bonchev–Trinajstić information content (AvgIpc) is 2.59. The predicted octanol–water partition coefficient (Wildman–Crippen LogP) is 2.40. The summed E-state index contributed by atoms with van der Waals surface area (Å²) in [6.07, 6.45) is 1.98. The maximum absolute atomic E-state index is 12.5. The van der Waals surface area contributed by atoms with Crippen LogP contribution in [0.25, 0.3) is 0 Å². The molecular formula is C17H21N3O3S. The minimum absolute atomic E-state index is 0.0598. The van der Waals surface area contributed by atoms with Crippen LogP contribution in [0.1, 0.15) is 25.3 Å². The van der Waals surface area contributed by atoms with Gasteiger partial charge in [-0.25, -0.2) is 9.79 Å². The summed E-state index contributed by atoms with van der Waals surface area (Å²) in [6, 6.07) is 9.23. The zero-order chi connectivity index (χ0) is 17.7. The highest BCUT2D eigenvalue weighted by Gasteiger charge is 2.20. The minimum Gasteiger partial charge on any atom is -0.494 e. The van der Waals surface area contributed by atoms with Crippen LogP contribution in [0.2, 0.25) is 0 Å². The van der Waals surface area contributed by atoms with Crippen molar-refractivity contribution < 1.29 is 5.11 Å². The summed E-state index contributed by atoms with van der Waals surface area (Å²) in [6.45, 7) is 2.08. The van der Waals surface area contributed by atoms with E-state index < -0.39 is 11.2 Å². The second-order valence-corrected chi connectivity index (χ2v) is 6.44. The number of rotatable bonds is 5. The Morgan fingerprint density at radius 1 is 1.17 bits per heavy atom. The van der Waals surface area contributed by atoms with Crippen molar-refractivity contribution in [2.24, 2.45) is 19.1 Å². The summed E-state index contributed by atoms with van der Waals surface area (Å²) in [7, 11) is 2.82. The molecule has 0 radical (unpaired) electrons. The third-order valence-corrected chi connectivity index (χ3v) is 4.63. The Labute approximate surface area is 144 Å². The minimum atomic E-state index is -0.570. The smallest absolute Gasteiger partial charge is 0.333 e. The van der Waals surface area contributed by atoms with Crippen molar-refractivity contribution in [1.29, 1.82) is 0 Å². The van der Waals surface area contributed by atoms with E-state index in [1.54, 1.807) is 0 Å².